The molecule has 1 heterocycles. The van der Waals surface area contributed by atoms with E-state index in [1.807, 2.05) is 33.9 Å². The number of amides is 1. The highest BCUT2D eigenvalue weighted by molar-refractivity contribution is 5.82. The van der Waals surface area contributed by atoms with Crippen LogP contribution in [0.2, 0.25) is 0 Å². The average Bonchev–Trinajstić information content (AvgIpc) is 2.68. The van der Waals surface area contributed by atoms with Crippen molar-refractivity contribution in [1.82, 2.24) is 15.5 Å². The molecule has 1 amide bonds. The molecule has 0 fully saturated rings. The normalized spacial score (nSPS) is 13.4. The van der Waals surface area contributed by atoms with Crippen molar-refractivity contribution >= 4 is 5.91 Å². The van der Waals surface area contributed by atoms with Gasteiger partial charge in [-0.25, -0.2) is 0 Å². The Hall–Kier alpha value is -1.36. The fourth-order valence-corrected chi connectivity index (χ4v) is 1.62. The molecular weight excluding hydrogens is 228 g/mol. The van der Waals surface area contributed by atoms with Gasteiger partial charge in [-0.05, 0) is 30.7 Å². The zero-order chi connectivity index (χ0) is 13.8. The summed E-state index contributed by atoms with van der Waals surface area (Å²) >= 11 is 0. The summed E-state index contributed by atoms with van der Waals surface area (Å²) in [6.07, 6.45) is 3.63. The van der Waals surface area contributed by atoms with Crippen molar-refractivity contribution < 1.29 is 4.79 Å². The smallest absolute Gasteiger partial charge is 0.237 e. The number of aryl methyl sites for hydroxylation is 2. The van der Waals surface area contributed by atoms with Crippen LogP contribution in [0.4, 0.5) is 0 Å². The monoisotopic (exact) mass is 252 g/mol. The van der Waals surface area contributed by atoms with E-state index >= 15 is 0 Å². The molecule has 0 aromatic carbocycles. The fraction of sp³-hybridized carbons (Fsp3) is 0.692. The molecule has 0 saturated heterocycles. The molecule has 1 rings (SSSR count). The predicted octanol–water partition coefficient (Wildman–Crippen LogP) is 1.14. The molecule has 0 radical (unpaired) electrons. The highest BCUT2D eigenvalue weighted by Crippen LogP contribution is 2.17. The number of carbonyl (C=O) groups excluding carboxylic acids is 1. The maximum atomic E-state index is 11.8. The topological polar surface area (TPSA) is 83.8 Å². The van der Waals surface area contributed by atoms with E-state index in [2.05, 4.69) is 15.5 Å². The van der Waals surface area contributed by atoms with Gasteiger partial charge < -0.3 is 11.1 Å². The van der Waals surface area contributed by atoms with Gasteiger partial charge in [0.05, 0.1) is 12.2 Å². The molecule has 0 spiro atoms. The van der Waals surface area contributed by atoms with E-state index < -0.39 is 6.04 Å². The van der Waals surface area contributed by atoms with Crippen molar-refractivity contribution in [2.24, 2.45) is 11.1 Å². The summed E-state index contributed by atoms with van der Waals surface area (Å²) in [7, 11) is 0. The van der Waals surface area contributed by atoms with Gasteiger partial charge in [-0.15, -0.1) is 0 Å². The zero-order valence-corrected chi connectivity index (χ0v) is 11.7. The summed E-state index contributed by atoms with van der Waals surface area (Å²) in [6, 6.07) is -0.465. The Balaban J connectivity index is 2.26. The molecule has 1 atom stereocenters. The van der Waals surface area contributed by atoms with Crippen molar-refractivity contribution in [1.29, 1.82) is 0 Å². The minimum absolute atomic E-state index is 0.0774. The van der Waals surface area contributed by atoms with E-state index in [0.29, 0.717) is 6.54 Å². The molecule has 5 heteroatoms. The van der Waals surface area contributed by atoms with Crippen molar-refractivity contribution in [2.75, 3.05) is 6.54 Å². The van der Waals surface area contributed by atoms with E-state index in [9.17, 15) is 4.79 Å². The minimum Gasteiger partial charge on any atom is -0.355 e. The van der Waals surface area contributed by atoms with Crippen LogP contribution in [0, 0.1) is 12.3 Å². The predicted molar refractivity (Wildman–Crippen MR) is 72.1 cm³/mol. The number of nitrogens with one attached hydrogen (secondary N) is 2. The van der Waals surface area contributed by atoms with Crippen LogP contribution in [-0.4, -0.2) is 28.7 Å². The van der Waals surface area contributed by atoms with E-state index in [4.69, 9.17) is 5.73 Å². The van der Waals surface area contributed by atoms with E-state index in [1.165, 1.54) is 5.56 Å². The first kappa shape index (κ1) is 14.7. The lowest BCUT2D eigenvalue weighted by atomic mass is 9.87. The maximum absolute atomic E-state index is 11.8. The molecule has 1 aromatic rings. The first-order chi connectivity index (χ1) is 8.32. The Morgan fingerprint density at radius 1 is 1.56 bits per heavy atom. The van der Waals surface area contributed by atoms with Gasteiger partial charge in [-0.3, -0.25) is 9.89 Å². The van der Waals surface area contributed by atoms with Crippen LogP contribution in [0.1, 0.15) is 38.4 Å². The number of carbonyl (C=O) groups is 1. The van der Waals surface area contributed by atoms with Crippen molar-refractivity contribution in [2.45, 2.75) is 46.6 Å². The Morgan fingerprint density at radius 2 is 2.22 bits per heavy atom. The summed E-state index contributed by atoms with van der Waals surface area (Å²) in [5.41, 5.74) is 7.95. The van der Waals surface area contributed by atoms with Crippen molar-refractivity contribution in [3.8, 4) is 0 Å². The summed E-state index contributed by atoms with van der Waals surface area (Å²) in [5.74, 6) is -0.0774. The lowest BCUT2D eigenvalue weighted by Crippen LogP contribution is -2.48. The number of rotatable bonds is 5. The molecule has 1 aromatic heterocycles. The summed E-state index contributed by atoms with van der Waals surface area (Å²) in [6.45, 7) is 8.54. The van der Waals surface area contributed by atoms with Gasteiger partial charge in [0, 0.05) is 12.2 Å². The molecule has 102 valence electrons. The molecule has 0 saturated carbocycles. The zero-order valence-electron chi connectivity index (χ0n) is 11.7. The van der Waals surface area contributed by atoms with Crippen LogP contribution in [-0.2, 0) is 11.2 Å². The highest BCUT2D eigenvalue weighted by Gasteiger charge is 2.26. The first-order valence-electron chi connectivity index (χ1n) is 6.34. The van der Waals surface area contributed by atoms with E-state index in [1.54, 1.807) is 0 Å². The third kappa shape index (κ3) is 4.14. The molecule has 4 N–H and O–H groups in total. The molecule has 0 bridgehead atoms. The Labute approximate surface area is 109 Å². The van der Waals surface area contributed by atoms with Crippen LogP contribution in [0.3, 0.4) is 0 Å². The van der Waals surface area contributed by atoms with Crippen LogP contribution in [0.15, 0.2) is 6.20 Å². The highest BCUT2D eigenvalue weighted by atomic mass is 16.2. The Morgan fingerprint density at radius 3 is 2.72 bits per heavy atom. The average molecular weight is 252 g/mol. The molecule has 0 aliphatic rings. The van der Waals surface area contributed by atoms with Crippen LogP contribution < -0.4 is 11.1 Å². The van der Waals surface area contributed by atoms with Gasteiger partial charge in [0.2, 0.25) is 5.91 Å². The minimum atomic E-state index is -0.465. The Kier molecular flexibility index (Phi) is 4.90. The lowest BCUT2D eigenvalue weighted by molar-refractivity contribution is -0.124. The summed E-state index contributed by atoms with van der Waals surface area (Å²) in [5, 5.41) is 9.74. The third-order valence-corrected chi connectivity index (χ3v) is 3.07. The third-order valence-electron chi connectivity index (χ3n) is 3.07. The largest absolute Gasteiger partial charge is 0.355 e. The van der Waals surface area contributed by atoms with Crippen molar-refractivity contribution in [3.63, 3.8) is 0 Å². The number of aromatic amines is 1. The SMILES string of the molecule is Cc1[nH]ncc1CCCNC(=O)C(N)C(C)(C)C. The summed E-state index contributed by atoms with van der Waals surface area (Å²) < 4.78 is 0. The number of hydrogen-bond acceptors (Lipinski definition) is 3. The second-order valence-corrected chi connectivity index (χ2v) is 5.76. The van der Waals surface area contributed by atoms with Gasteiger partial charge in [0.1, 0.15) is 0 Å². The van der Waals surface area contributed by atoms with Crippen LogP contribution in [0.5, 0.6) is 0 Å². The second kappa shape index (κ2) is 6.00. The number of nitrogens with zero attached hydrogens (tertiary/aromatic N) is 1. The quantitative estimate of drug-likeness (QED) is 0.687. The van der Waals surface area contributed by atoms with Crippen molar-refractivity contribution in [3.05, 3.63) is 17.5 Å². The molecule has 1 unspecified atom stereocenters. The van der Waals surface area contributed by atoms with Crippen LogP contribution in [0.25, 0.3) is 0 Å². The lowest BCUT2D eigenvalue weighted by Gasteiger charge is -2.25. The molecule has 0 aliphatic heterocycles. The van der Waals surface area contributed by atoms with Gasteiger partial charge in [0.25, 0.3) is 0 Å². The Bertz CT molecular complexity index is 392. The van der Waals surface area contributed by atoms with Gasteiger partial charge >= 0.3 is 0 Å². The molecule has 0 aliphatic carbocycles. The molecule has 18 heavy (non-hydrogen) atoms. The van der Waals surface area contributed by atoms with Gasteiger partial charge in [-0.1, -0.05) is 20.8 Å². The maximum Gasteiger partial charge on any atom is 0.237 e. The van der Waals surface area contributed by atoms with E-state index in [-0.39, 0.29) is 11.3 Å². The first-order valence-corrected chi connectivity index (χ1v) is 6.34. The molecular formula is C13H24N4O. The van der Waals surface area contributed by atoms with Gasteiger partial charge in [0.15, 0.2) is 0 Å². The summed E-state index contributed by atoms with van der Waals surface area (Å²) in [4.78, 5) is 11.8. The van der Waals surface area contributed by atoms with Gasteiger partial charge in [-0.2, -0.15) is 5.10 Å². The number of hydrogen-bond donors (Lipinski definition) is 3. The second-order valence-electron chi connectivity index (χ2n) is 5.76. The molecule has 5 nitrogen and oxygen atoms in total. The number of nitrogens with two attached hydrogens (primary N) is 1. The fourth-order valence-electron chi connectivity index (χ4n) is 1.62. The number of aromatic nitrogens is 2. The standard InChI is InChI=1S/C13H24N4O/c1-9-10(8-16-17-9)6-5-7-15-12(18)11(14)13(2,3)4/h8,11H,5-7,14H2,1-4H3,(H,15,18)(H,16,17). The van der Waals surface area contributed by atoms with E-state index in [0.717, 1.165) is 18.5 Å². The number of H-pyrrole nitrogens is 1. The van der Waals surface area contributed by atoms with Crippen LogP contribution >= 0.6 is 0 Å².